The molecule has 0 spiro atoms. The SMILES string of the molecule is CC[C@H](C)CCc1ccnc(-n2ccnc2)n1. The van der Waals surface area contributed by atoms with E-state index in [1.165, 1.54) is 12.8 Å². The summed E-state index contributed by atoms with van der Waals surface area (Å²) in [5, 5.41) is 0. The van der Waals surface area contributed by atoms with Gasteiger partial charge in [0.2, 0.25) is 5.95 Å². The molecule has 0 unspecified atom stereocenters. The van der Waals surface area contributed by atoms with Crippen LogP contribution in [0, 0.1) is 5.92 Å². The highest BCUT2D eigenvalue weighted by molar-refractivity contribution is 5.14. The van der Waals surface area contributed by atoms with Crippen LogP contribution in [0.2, 0.25) is 0 Å². The molecule has 0 fully saturated rings. The third kappa shape index (κ3) is 3.12. The molecule has 2 heterocycles. The topological polar surface area (TPSA) is 43.6 Å². The first-order valence-corrected chi connectivity index (χ1v) is 6.10. The van der Waals surface area contributed by atoms with Crippen molar-refractivity contribution in [2.24, 2.45) is 5.92 Å². The van der Waals surface area contributed by atoms with E-state index in [0.29, 0.717) is 5.95 Å². The molecule has 0 saturated heterocycles. The van der Waals surface area contributed by atoms with Crippen molar-refractivity contribution in [3.05, 3.63) is 36.7 Å². The second-order valence-electron chi connectivity index (χ2n) is 4.37. The Bertz CT molecular complexity index is 450. The molecule has 17 heavy (non-hydrogen) atoms. The van der Waals surface area contributed by atoms with E-state index in [9.17, 15) is 0 Å². The van der Waals surface area contributed by atoms with Crippen LogP contribution in [0.1, 0.15) is 32.4 Å². The van der Waals surface area contributed by atoms with Crippen LogP contribution in [0.4, 0.5) is 0 Å². The molecule has 0 N–H and O–H groups in total. The van der Waals surface area contributed by atoms with E-state index in [2.05, 4.69) is 28.8 Å². The Balaban J connectivity index is 2.07. The standard InChI is InChI=1S/C13H18N4/c1-3-11(2)4-5-12-6-7-15-13(16-12)17-9-8-14-10-17/h6-11H,3-5H2,1-2H3/t11-/m0/s1. The molecule has 0 saturated carbocycles. The van der Waals surface area contributed by atoms with Gasteiger partial charge in [0.15, 0.2) is 0 Å². The molecule has 4 heteroatoms. The number of imidazole rings is 1. The molecule has 0 amide bonds. The summed E-state index contributed by atoms with van der Waals surface area (Å²) in [7, 11) is 0. The number of rotatable bonds is 5. The Morgan fingerprint density at radius 2 is 2.24 bits per heavy atom. The predicted octanol–water partition coefficient (Wildman–Crippen LogP) is 2.64. The third-order valence-corrected chi connectivity index (χ3v) is 3.03. The normalized spacial score (nSPS) is 12.6. The van der Waals surface area contributed by atoms with Gasteiger partial charge in [0.25, 0.3) is 0 Å². The minimum Gasteiger partial charge on any atom is -0.274 e. The summed E-state index contributed by atoms with van der Waals surface area (Å²) in [6, 6.07) is 1.99. The van der Waals surface area contributed by atoms with E-state index < -0.39 is 0 Å². The molecule has 0 bridgehead atoms. The van der Waals surface area contributed by atoms with E-state index in [4.69, 9.17) is 0 Å². The second-order valence-corrected chi connectivity index (χ2v) is 4.37. The summed E-state index contributed by atoms with van der Waals surface area (Å²) in [6.45, 7) is 4.50. The molecule has 0 aliphatic rings. The van der Waals surface area contributed by atoms with Crippen molar-refractivity contribution < 1.29 is 0 Å². The van der Waals surface area contributed by atoms with Gasteiger partial charge in [-0.3, -0.25) is 4.57 Å². The van der Waals surface area contributed by atoms with Crippen LogP contribution < -0.4 is 0 Å². The molecule has 2 rings (SSSR count). The predicted molar refractivity (Wildman–Crippen MR) is 66.9 cm³/mol. The number of aryl methyl sites for hydroxylation is 1. The van der Waals surface area contributed by atoms with E-state index in [1.54, 1.807) is 12.5 Å². The van der Waals surface area contributed by atoms with Crippen molar-refractivity contribution in [2.45, 2.75) is 33.1 Å². The van der Waals surface area contributed by atoms with E-state index in [-0.39, 0.29) is 0 Å². The molecule has 90 valence electrons. The van der Waals surface area contributed by atoms with Crippen molar-refractivity contribution >= 4 is 0 Å². The van der Waals surface area contributed by atoms with Crippen LogP contribution in [0.5, 0.6) is 0 Å². The number of hydrogen-bond acceptors (Lipinski definition) is 3. The molecule has 0 aliphatic carbocycles. The molecule has 0 radical (unpaired) electrons. The first-order valence-electron chi connectivity index (χ1n) is 6.10. The Labute approximate surface area is 102 Å². The lowest BCUT2D eigenvalue weighted by Gasteiger charge is -2.08. The quantitative estimate of drug-likeness (QED) is 0.793. The molecule has 4 nitrogen and oxygen atoms in total. The summed E-state index contributed by atoms with van der Waals surface area (Å²) in [5.74, 6) is 1.45. The lowest BCUT2D eigenvalue weighted by molar-refractivity contribution is 0.513. The minimum absolute atomic E-state index is 0.698. The lowest BCUT2D eigenvalue weighted by atomic mass is 10.0. The van der Waals surface area contributed by atoms with Gasteiger partial charge in [-0.25, -0.2) is 15.0 Å². The summed E-state index contributed by atoms with van der Waals surface area (Å²) >= 11 is 0. The van der Waals surface area contributed by atoms with Crippen LogP contribution in [0.3, 0.4) is 0 Å². The largest absolute Gasteiger partial charge is 0.274 e. The smallest absolute Gasteiger partial charge is 0.235 e. The summed E-state index contributed by atoms with van der Waals surface area (Å²) in [4.78, 5) is 12.8. The van der Waals surface area contributed by atoms with Gasteiger partial charge in [-0.05, 0) is 24.8 Å². The highest BCUT2D eigenvalue weighted by Crippen LogP contribution is 2.11. The van der Waals surface area contributed by atoms with Crippen LogP contribution in [-0.2, 0) is 6.42 Å². The molecule has 2 aromatic heterocycles. The zero-order valence-electron chi connectivity index (χ0n) is 10.4. The van der Waals surface area contributed by atoms with Gasteiger partial charge in [0.1, 0.15) is 6.33 Å². The van der Waals surface area contributed by atoms with Crippen molar-refractivity contribution in [1.82, 2.24) is 19.5 Å². The first kappa shape index (κ1) is 11.8. The van der Waals surface area contributed by atoms with Gasteiger partial charge < -0.3 is 0 Å². The Morgan fingerprint density at radius 1 is 1.35 bits per heavy atom. The fraction of sp³-hybridized carbons (Fsp3) is 0.462. The summed E-state index contributed by atoms with van der Waals surface area (Å²) in [6.07, 6.45) is 10.5. The zero-order valence-corrected chi connectivity index (χ0v) is 10.4. The maximum absolute atomic E-state index is 4.53. The molecule has 0 aromatic carbocycles. The van der Waals surface area contributed by atoms with Gasteiger partial charge in [-0.15, -0.1) is 0 Å². The summed E-state index contributed by atoms with van der Waals surface area (Å²) in [5.41, 5.74) is 1.10. The average molecular weight is 230 g/mol. The van der Waals surface area contributed by atoms with Crippen molar-refractivity contribution in [3.8, 4) is 5.95 Å². The van der Waals surface area contributed by atoms with Crippen LogP contribution in [-0.4, -0.2) is 19.5 Å². The number of nitrogens with zero attached hydrogens (tertiary/aromatic N) is 4. The molecular formula is C13H18N4. The summed E-state index contributed by atoms with van der Waals surface area (Å²) < 4.78 is 1.83. The van der Waals surface area contributed by atoms with E-state index in [1.807, 2.05) is 23.0 Å². The van der Waals surface area contributed by atoms with Crippen LogP contribution >= 0.6 is 0 Å². The Kier molecular flexibility index (Phi) is 3.85. The fourth-order valence-electron chi connectivity index (χ4n) is 1.62. The van der Waals surface area contributed by atoms with E-state index >= 15 is 0 Å². The maximum Gasteiger partial charge on any atom is 0.235 e. The van der Waals surface area contributed by atoms with Crippen molar-refractivity contribution in [3.63, 3.8) is 0 Å². The number of aromatic nitrogens is 4. The van der Waals surface area contributed by atoms with E-state index in [0.717, 1.165) is 18.0 Å². The van der Waals surface area contributed by atoms with Crippen molar-refractivity contribution in [2.75, 3.05) is 0 Å². The van der Waals surface area contributed by atoms with Gasteiger partial charge in [0.05, 0.1) is 0 Å². The fourth-order valence-corrected chi connectivity index (χ4v) is 1.62. The first-order chi connectivity index (χ1) is 8.29. The highest BCUT2D eigenvalue weighted by atomic mass is 15.2. The Morgan fingerprint density at radius 3 is 2.94 bits per heavy atom. The monoisotopic (exact) mass is 230 g/mol. The minimum atomic E-state index is 0.698. The maximum atomic E-state index is 4.53. The second kappa shape index (κ2) is 5.57. The third-order valence-electron chi connectivity index (χ3n) is 3.03. The molecule has 1 atom stereocenters. The van der Waals surface area contributed by atoms with Crippen LogP contribution in [0.15, 0.2) is 31.0 Å². The van der Waals surface area contributed by atoms with Crippen LogP contribution in [0.25, 0.3) is 5.95 Å². The molecule has 2 aromatic rings. The van der Waals surface area contributed by atoms with Gasteiger partial charge in [0, 0.05) is 24.3 Å². The highest BCUT2D eigenvalue weighted by Gasteiger charge is 2.03. The zero-order chi connectivity index (χ0) is 12.1. The van der Waals surface area contributed by atoms with Gasteiger partial charge in [-0.1, -0.05) is 20.3 Å². The van der Waals surface area contributed by atoms with Gasteiger partial charge in [-0.2, -0.15) is 0 Å². The number of hydrogen-bond donors (Lipinski definition) is 0. The average Bonchev–Trinajstić information content (AvgIpc) is 2.90. The molecular weight excluding hydrogens is 212 g/mol. The Hall–Kier alpha value is -1.71. The lowest BCUT2D eigenvalue weighted by Crippen LogP contribution is -2.03. The van der Waals surface area contributed by atoms with Crippen molar-refractivity contribution in [1.29, 1.82) is 0 Å². The van der Waals surface area contributed by atoms with Gasteiger partial charge >= 0.3 is 0 Å². The molecule has 0 aliphatic heterocycles.